The molecule has 1 fully saturated rings. The van der Waals surface area contributed by atoms with E-state index in [9.17, 15) is 9.90 Å². The summed E-state index contributed by atoms with van der Waals surface area (Å²) >= 11 is 0. The Morgan fingerprint density at radius 2 is 1.78 bits per heavy atom. The Morgan fingerprint density at radius 3 is 2.59 bits per heavy atom. The van der Waals surface area contributed by atoms with Crippen LogP contribution in [-0.4, -0.2) is 35.8 Å². The first kappa shape index (κ1) is 23.6. The Bertz CT molecular complexity index is 1480. The predicted octanol–water partition coefficient (Wildman–Crippen LogP) is 5.51. The summed E-state index contributed by atoms with van der Waals surface area (Å²) < 4.78 is 16.5. The van der Waals surface area contributed by atoms with Crippen LogP contribution in [0, 0.1) is 13.8 Å². The number of likely N-dealkylation sites (tertiary alicyclic amines) is 1. The molecule has 1 amide bonds. The van der Waals surface area contributed by atoms with Crippen LogP contribution in [0.4, 0.5) is 5.69 Å². The van der Waals surface area contributed by atoms with Crippen molar-refractivity contribution in [1.82, 2.24) is 4.90 Å². The van der Waals surface area contributed by atoms with Crippen molar-refractivity contribution < 1.29 is 23.8 Å². The molecule has 37 heavy (non-hydrogen) atoms. The minimum Gasteiger partial charge on any atom is -0.454 e. The third-order valence-corrected chi connectivity index (χ3v) is 7.48. The van der Waals surface area contributed by atoms with E-state index in [1.807, 2.05) is 18.2 Å². The minimum atomic E-state index is -0.904. The van der Waals surface area contributed by atoms with Crippen LogP contribution in [-0.2, 0) is 12.1 Å². The van der Waals surface area contributed by atoms with E-state index in [2.05, 4.69) is 42.3 Å². The van der Waals surface area contributed by atoms with E-state index in [1.165, 1.54) is 16.7 Å². The quantitative estimate of drug-likeness (QED) is 0.377. The highest BCUT2D eigenvalue weighted by Crippen LogP contribution is 2.36. The number of fused-ring (bicyclic) bond motifs is 2. The van der Waals surface area contributed by atoms with Gasteiger partial charge in [-0.05, 0) is 73.7 Å². The molecule has 1 saturated heterocycles. The first-order valence-corrected chi connectivity index (χ1v) is 12.6. The third kappa shape index (κ3) is 4.68. The van der Waals surface area contributed by atoms with E-state index < -0.39 is 5.60 Å². The molecular weight excluding hydrogens is 468 g/mol. The molecule has 3 aromatic carbocycles. The molecule has 2 aliphatic rings. The lowest BCUT2D eigenvalue weighted by atomic mass is 9.84. The lowest BCUT2D eigenvalue weighted by Crippen LogP contribution is -2.42. The Hall–Kier alpha value is -3.81. The zero-order valence-electron chi connectivity index (χ0n) is 21.0. The van der Waals surface area contributed by atoms with Crippen molar-refractivity contribution in [2.24, 2.45) is 0 Å². The molecule has 0 aliphatic carbocycles. The van der Waals surface area contributed by atoms with Gasteiger partial charge in [0, 0.05) is 36.8 Å². The zero-order valence-corrected chi connectivity index (χ0v) is 21.0. The highest BCUT2D eigenvalue weighted by molar-refractivity contribution is 6.04. The highest BCUT2D eigenvalue weighted by Gasteiger charge is 2.34. The molecule has 0 atom stereocenters. The van der Waals surface area contributed by atoms with Gasteiger partial charge in [-0.15, -0.1) is 0 Å². The summed E-state index contributed by atoms with van der Waals surface area (Å²) in [5.74, 6) is 1.11. The number of piperidine rings is 1. The fraction of sp³-hybridized carbons (Fsp3) is 0.300. The number of aryl methyl sites for hydroxylation is 2. The molecule has 2 aliphatic heterocycles. The molecule has 7 heteroatoms. The van der Waals surface area contributed by atoms with Crippen LogP contribution in [0.3, 0.4) is 0 Å². The fourth-order valence-electron chi connectivity index (χ4n) is 5.25. The maximum absolute atomic E-state index is 12.8. The molecule has 2 N–H and O–H groups in total. The largest absolute Gasteiger partial charge is 0.454 e. The Balaban J connectivity index is 1.14. The molecule has 7 nitrogen and oxygen atoms in total. The summed E-state index contributed by atoms with van der Waals surface area (Å²) in [6, 6.07) is 19.2. The SMILES string of the molecule is Cc1ccc(CN2CCC(O)(c3ccc4oc(C(=O)Nc5ccc6c(c5)OCO6)cc4c3)CC2)c(C)c1. The van der Waals surface area contributed by atoms with Crippen molar-refractivity contribution in [3.05, 3.63) is 88.7 Å². The van der Waals surface area contributed by atoms with Crippen molar-refractivity contribution in [3.63, 3.8) is 0 Å². The van der Waals surface area contributed by atoms with Gasteiger partial charge >= 0.3 is 0 Å². The average molecular weight is 499 g/mol. The average Bonchev–Trinajstić information content (AvgIpc) is 3.53. The topological polar surface area (TPSA) is 84.2 Å². The molecule has 3 heterocycles. The number of nitrogens with zero attached hydrogens (tertiary/aromatic N) is 1. The molecule has 190 valence electrons. The van der Waals surface area contributed by atoms with Gasteiger partial charge in [0.1, 0.15) is 5.58 Å². The third-order valence-electron chi connectivity index (χ3n) is 7.48. The summed E-state index contributed by atoms with van der Waals surface area (Å²) in [4.78, 5) is 15.2. The van der Waals surface area contributed by atoms with Crippen LogP contribution in [0.2, 0.25) is 0 Å². The number of hydrogen-bond acceptors (Lipinski definition) is 6. The van der Waals surface area contributed by atoms with Crippen LogP contribution in [0.5, 0.6) is 11.5 Å². The standard InChI is InChI=1S/C30H30N2O5/c1-19-3-4-21(20(2)13-19)17-32-11-9-30(34,10-12-32)23-5-7-25-22(14-23)15-28(37-25)29(33)31-24-6-8-26-27(16-24)36-18-35-26/h3-8,13-16,34H,9-12,17-18H2,1-2H3,(H,31,33). The van der Waals surface area contributed by atoms with E-state index in [1.54, 1.807) is 24.3 Å². The van der Waals surface area contributed by atoms with Crippen molar-refractivity contribution in [3.8, 4) is 11.5 Å². The van der Waals surface area contributed by atoms with Gasteiger partial charge in [0.2, 0.25) is 6.79 Å². The van der Waals surface area contributed by atoms with Crippen molar-refractivity contribution >= 4 is 22.6 Å². The van der Waals surface area contributed by atoms with E-state index in [0.29, 0.717) is 35.6 Å². The molecular formula is C30H30N2O5. The summed E-state index contributed by atoms with van der Waals surface area (Å²) in [6.45, 7) is 6.98. The van der Waals surface area contributed by atoms with Gasteiger partial charge in [-0.2, -0.15) is 0 Å². The molecule has 0 spiro atoms. The van der Waals surface area contributed by atoms with Gasteiger partial charge in [0.05, 0.1) is 5.60 Å². The number of nitrogens with one attached hydrogen (secondary N) is 1. The van der Waals surface area contributed by atoms with Gasteiger partial charge < -0.3 is 24.3 Å². The van der Waals surface area contributed by atoms with E-state index in [0.717, 1.165) is 30.6 Å². The van der Waals surface area contributed by atoms with E-state index in [-0.39, 0.29) is 18.5 Å². The molecule has 0 radical (unpaired) electrons. The summed E-state index contributed by atoms with van der Waals surface area (Å²) in [6.07, 6.45) is 1.30. The van der Waals surface area contributed by atoms with Gasteiger partial charge in [0.15, 0.2) is 17.3 Å². The monoisotopic (exact) mass is 498 g/mol. The Kier molecular flexibility index (Phi) is 5.89. The second-order valence-electron chi connectivity index (χ2n) is 10.1. The van der Waals surface area contributed by atoms with Crippen molar-refractivity contribution in [2.75, 3.05) is 25.2 Å². The molecule has 0 unspecified atom stereocenters. The zero-order chi connectivity index (χ0) is 25.6. The van der Waals surface area contributed by atoms with Crippen molar-refractivity contribution in [1.29, 1.82) is 0 Å². The van der Waals surface area contributed by atoms with Crippen LogP contribution >= 0.6 is 0 Å². The fourth-order valence-corrected chi connectivity index (χ4v) is 5.25. The summed E-state index contributed by atoms with van der Waals surface area (Å²) in [5, 5.41) is 15.1. The number of ether oxygens (including phenoxy) is 2. The van der Waals surface area contributed by atoms with Crippen molar-refractivity contribution in [2.45, 2.75) is 38.8 Å². The molecule has 4 aromatic rings. The van der Waals surface area contributed by atoms with Crippen LogP contribution in [0.1, 0.15) is 45.7 Å². The van der Waals surface area contributed by atoms with Gasteiger partial charge in [-0.3, -0.25) is 9.69 Å². The smallest absolute Gasteiger partial charge is 0.291 e. The lowest BCUT2D eigenvalue weighted by molar-refractivity contribution is -0.0276. The number of benzene rings is 3. The highest BCUT2D eigenvalue weighted by atomic mass is 16.7. The maximum atomic E-state index is 12.8. The lowest BCUT2D eigenvalue weighted by Gasteiger charge is -2.38. The van der Waals surface area contributed by atoms with Gasteiger partial charge in [-0.1, -0.05) is 29.8 Å². The number of anilines is 1. The van der Waals surface area contributed by atoms with Crippen LogP contribution < -0.4 is 14.8 Å². The number of amides is 1. The first-order valence-electron chi connectivity index (χ1n) is 12.6. The Morgan fingerprint density at radius 1 is 0.973 bits per heavy atom. The maximum Gasteiger partial charge on any atom is 0.291 e. The number of furan rings is 1. The number of rotatable bonds is 5. The van der Waals surface area contributed by atoms with Gasteiger partial charge in [0.25, 0.3) is 5.91 Å². The minimum absolute atomic E-state index is 0.176. The molecule has 0 bridgehead atoms. The second kappa shape index (κ2) is 9.25. The Labute approximate surface area is 215 Å². The number of carbonyl (C=O) groups excluding carboxylic acids is 1. The number of carbonyl (C=O) groups is 1. The normalized spacial score (nSPS) is 16.7. The number of hydrogen-bond donors (Lipinski definition) is 2. The first-order chi connectivity index (χ1) is 17.9. The molecule has 6 rings (SSSR count). The van der Waals surface area contributed by atoms with E-state index in [4.69, 9.17) is 13.9 Å². The van der Waals surface area contributed by atoms with E-state index >= 15 is 0 Å². The molecule has 0 saturated carbocycles. The van der Waals surface area contributed by atoms with Gasteiger partial charge in [-0.25, -0.2) is 0 Å². The van der Waals surface area contributed by atoms with Crippen LogP contribution in [0.15, 0.2) is 65.1 Å². The van der Waals surface area contributed by atoms with Crippen LogP contribution in [0.25, 0.3) is 11.0 Å². The molecule has 1 aromatic heterocycles. The summed E-state index contributed by atoms with van der Waals surface area (Å²) in [7, 11) is 0. The predicted molar refractivity (Wildman–Crippen MR) is 141 cm³/mol. The number of aliphatic hydroxyl groups is 1. The summed E-state index contributed by atoms with van der Waals surface area (Å²) in [5.41, 5.74) is 5.08. The second-order valence-corrected chi connectivity index (χ2v) is 10.1.